The number of benzene rings is 1. The van der Waals surface area contributed by atoms with Crippen molar-refractivity contribution in [2.24, 2.45) is 0 Å². The van der Waals surface area contributed by atoms with Crippen LogP contribution in [0.3, 0.4) is 0 Å². The van der Waals surface area contributed by atoms with Crippen LogP contribution >= 0.6 is 11.8 Å². The van der Waals surface area contributed by atoms with Crippen molar-refractivity contribution >= 4 is 11.8 Å². The van der Waals surface area contributed by atoms with E-state index < -0.39 is 0 Å². The topological polar surface area (TPSA) is 21.3 Å². The summed E-state index contributed by atoms with van der Waals surface area (Å²) < 4.78 is 18.9. The fourth-order valence-corrected chi connectivity index (χ4v) is 2.72. The van der Waals surface area contributed by atoms with Crippen LogP contribution in [0, 0.1) is 5.82 Å². The van der Waals surface area contributed by atoms with Crippen LogP contribution in [-0.4, -0.2) is 24.5 Å². The first-order valence-electron chi connectivity index (χ1n) is 5.92. The first kappa shape index (κ1) is 12.9. The zero-order chi connectivity index (χ0) is 12.3. The Morgan fingerprint density at radius 1 is 1.47 bits per heavy atom. The predicted molar refractivity (Wildman–Crippen MR) is 68.8 cm³/mol. The number of halogens is 1. The average molecular weight is 255 g/mol. The van der Waals surface area contributed by atoms with Crippen LogP contribution in [-0.2, 0) is 11.3 Å². The van der Waals surface area contributed by atoms with Crippen LogP contribution in [0.15, 0.2) is 23.1 Å². The lowest BCUT2D eigenvalue weighted by Crippen LogP contribution is -2.30. The SMILES string of the molecule is CC(C)NCc1cccc(F)c1SC1COC1. The minimum atomic E-state index is -0.120. The second kappa shape index (κ2) is 5.85. The van der Waals surface area contributed by atoms with E-state index in [-0.39, 0.29) is 5.82 Å². The molecule has 1 saturated heterocycles. The molecule has 1 aromatic carbocycles. The van der Waals surface area contributed by atoms with Crippen LogP contribution < -0.4 is 5.32 Å². The summed E-state index contributed by atoms with van der Waals surface area (Å²) in [4.78, 5) is 0.772. The summed E-state index contributed by atoms with van der Waals surface area (Å²) in [5.74, 6) is -0.120. The number of nitrogens with one attached hydrogen (secondary N) is 1. The van der Waals surface area contributed by atoms with Crippen molar-refractivity contribution in [3.63, 3.8) is 0 Å². The van der Waals surface area contributed by atoms with Gasteiger partial charge in [0.1, 0.15) is 5.82 Å². The minimum Gasteiger partial charge on any atom is -0.379 e. The molecule has 1 aromatic rings. The van der Waals surface area contributed by atoms with E-state index in [9.17, 15) is 4.39 Å². The van der Waals surface area contributed by atoms with E-state index in [4.69, 9.17) is 4.74 Å². The third-order valence-electron chi connectivity index (χ3n) is 2.64. The number of rotatable bonds is 5. The van der Waals surface area contributed by atoms with Gasteiger partial charge in [0, 0.05) is 17.5 Å². The largest absolute Gasteiger partial charge is 0.379 e. The zero-order valence-electron chi connectivity index (χ0n) is 10.2. The molecule has 0 aliphatic carbocycles. The van der Waals surface area contributed by atoms with Gasteiger partial charge >= 0.3 is 0 Å². The Morgan fingerprint density at radius 2 is 2.24 bits per heavy atom. The van der Waals surface area contributed by atoms with Gasteiger partial charge in [-0.25, -0.2) is 4.39 Å². The summed E-state index contributed by atoms with van der Waals surface area (Å²) in [6, 6.07) is 5.69. The van der Waals surface area contributed by atoms with Crippen molar-refractivity contribution in [2.45, 2.75) is 36.6 Å². The molecule has 1 aliphatic heterocycles. The lowest BCUT2D eigenvalue weighted by atomic mass is 10.2. The molecule has 0 saturated carbocycles. The first-order chi connectivity index (χ1) is 8.16. The first-order valence-corrected chi connectivity index (χ1v) is 6.80. The van der Waals surface area contributed by atoms with Crippen LogP contribution in [0.4, 0.5) is 4.39 Å². The molecule has 2 nitrogen and oxygen atoms in total. The van der Waals surface area contributed by atoms with Gasteiger partial charge in [0.15, 0.2) is 0 Å². The highest BCUT2D eigenvalue weighted by atomic mass is 32.2. The molecule has 1 fully saturated rings. The molecule has 0 atom stereocenters. The Hall–Kier alpha value is -0.580. The Bertz CT molecular complexity index is 380. The van der Waals surface area contributed by atoms with Crippen LogP contribution in [0.5, 0.6) is 0 Å². The summed E-state index contributed by atoms with van der Waals surface area (Å²) in [6.45, 7) is 6.36. The Morgan fingerprint density at radius 3 is 2.82 bits per heavy atom. The molecule has 0 aromatic heterocycles. The van der Waals surface area contributed by atoms with Gasteiger partial charge in [-0.2, -0.15) is 0 Å². The second-order valence-electron chi connectivity index (χ2n) is 4.54. The lowest BCUT2D eigenvalue weighted by molar-refractivity contribution is 0.0454. The third-order valence-corrected chi connectivity index (χ3v) is 3.94. The molecule has 0 radical (unpaired) electrons. The van der Waals surface area contributed by atoms with Crippen LogP contribution in [0.25, 0.3) is 0 Å². The van der Waals surface area contributed by atoms with Gasteiger partial charge in [0.2, 0.25) is 0 Å². The quantitative estimate of drug-likeness (QED) is 0.874. The molecule has 0 bridgehead atoms. The maximum Gasteiger partial charge on any atom is 0.137 e. The normalized spacial score (nSPS) is 16.2. The van der Waals surface area contributed by atoms with Crippen LogP contribution in [0.2, 0.25) is 0 Å². The molecule has 0 spiro atoms. The molecule has 1 heterocycles. The maximum absolute atomic E-state index is 13.8. The van der Waals surface area contributed by atoms with E-state index in [2.05, 4.69) is 19.2 Å². The molecule has 1 aliphatic rings. The summed E-state index contributed by atoms with van der Waals surface area (Å²) >= 11 is 1.60. The van der Waals surface area contributed by atoms with E-state index in [1.807, 2.05) is 6.07 Å². The molecule has 94 valence electrons. The highest BCUT2D eigenvalue weighted by Crippen LogP contribution is 2.32. The van der Waals surface area contributed by atoms with Gasteiger partial charge in [0.05, 0.1) is 18.5 Å². The monoisotopic (exact) mass is 255 g/mol. The molecular formula is C13H18FNOS. The fourth-order valence-electron chi connectivity index (χ4n) is 1.59. The second-order valence-corrected chi connectivity index (χ2v) is 5.85. The molecule has 0 amide bonds. The van der Waals surface area contributed by atoms with Gasteiger partial charge in [-0.3, -0.25) is 0 Å². The van der Waals surface area contributed by atoms with E-state index in [1.165, 1.54) is 6.07 Å². The molecular weight excluding hydrogens is 237 g/mol. The number of ether oxygens (including phenoxy) is 1. The van der Waals surface area contributed by atoms with E-state index in [0.717, 1.165) is 23.7 Å². The van der Waals surface area contributed by atoms with Crippen molar-refractivity contribution in [2.75, 3.05) is 13.2 Å². The molecule has 1 N–H and O–H groups in total. The Kier molecular flexibility index (Phi) is 4.42. The summed E-state index contributed by atoms with van der Waals surface area (Å²) in [5, 5.41) is 3.73. The highest BCUT2D eigenvalue weighted by Gasteiger charge is 2.22. The van der Waals surface area contributed by atoms with E-state index >= 15 is 0 Å². The number of thioether (sulfide) groups is 1. The summed E-state index contributed by atoms with van der Waals surface area (Å²) in [6.07, 6.45) is 0. The Labute approximate surface area is 106 Å². The molecule has 0 unspecified atom stereocenters. The third kappa shape index (κ3) is 3.44. The zero-order valence-corrected chi connectivity index (χ0v) is 11.0. The smallest absolute Gasteiger partial charge is 0.137 e. The fraction of sp³-hybridized carbons (Fsp3) is 0.538. The van der Waals surface area contributed by atoms with Gasteiger partial charge in [0.25, 0.3) is 0 Å². The highest BCUT2D eigenvalue weighted by molar-refractivity contribution is 8.00. The van der Waals surface area contributed by atoms with Crippen molar-refractivity contribution in [3.05, 3.63) is 29.6 Å². The standard InChI is InChI=1S/C13H18FNOS/c1-9(2)15-6-10-4-3-5-12(14)13(10)17-11-7-16-8-11/h3-5,9,11,15H,6-8H2,1-2H3. The number of hydrogen-bond acceptors (Lipinski definition) is 3. The van der Waals surface area contributed by atoms with Crippen molar-refractivity contribution in [3.8, 4) is 0 Å². The van der Waals surface area contributed by atoms with Gasteiger partial charge in [-0.15, -0.1) is 11.8 Å². The van der Waals surface area contributed by atoms with Crippen molar-refractivity contribution in [1.82, 2.24) is 5.32 Å². The minimum absolute atomic E-state index is 0.120. The van der Waals surface area contributed by atoms with Gasteiger partial charge < -0.3 is 10.1 Å². The summed E-state index contributed by atoms with van der Waals surface area (Å²) in [7, 11) is 0. The number of hydrogen-bond donors (Lipinski definition) is 1. The maximum atomic E-state index is 13.8. The Balaban J connectivity index is 2.09. The van der Waals surface area contributed by atoms with Crippen LogP contribution in [0.1, 0.15) is 19.4 Å². The van der Waals surface area contributed by atoms with E-state index in [1.54, 1.807) is 17.8 Å². The van der Waals surface area contributed by atoms with Crippen molar-refractivity contribution < 1.29 is 9.13 Å². The van der Waals surface area contributed by atoms with E-state index in [0.29, 0.717) is 17.8 Å². The lowest BCUT2D eigenvalue weighted by Gasteiger charge is -2.26. The molecule has 2 rings (SSSR count). The van der Waals surface area contributed by atoms with Gasteiger partial charge in [-0.1, -0.05) is 26.0 Å². The molecule has 17 heavy (non-hydrogen) atoms. The van der Waals surface area contributed by atoms with Gasteiger partial charge in [-0.05, 0) is 11.6 Å². The summed E-state index contributed by atoms with van der Waals surface area (Å²) in [5.41, 5.74) is 1.04. The average Bonchev–Trinajstić information content (AvgIpc) is 2.22. The predicted octanol–water partition coefficient (Wildman–Crippen LogP) is 2.81. The van der Waals surface area contributed by atoms with Crippen molar-refractivity contribution in [1.29, 1.82) is 0 Å². The molecule has 4 heteroatoms.